The number of halogens is 1. The van der Waals surface area contributed by atoms with E-state index in [9.17, 15) is 0 Å². The van der Waals surface area contributed by atoms with Crippen molar-refractivity contribution in [3.63, 3.8) is 0 Å². The van der Waals surface area contributed by atoms with Crippen molar-refractivity contribution in [2.45, 2.75) is 17.4 Å². The Hall–Kier alpha value is -0.380. The molecule has 4 heteroatoms. The zero-order chi connectivity index (χ0) is 11.4. The molecule has 1 saturated heterocycles. The highest BCUT2D eigenvalue weighted by molar-refractivity contribution is 7.99. The van der Waals surface area contributed by atoms with Gasteiger partial charge < -0.3 is 10.1 Å². The van der Waals surface area contributed by atoms with E-state index in [4.69, 9.17) is 16.3 Å². The first-order valence-corrected chi connectivity index (χ1v) is 6.87. The molecule has 0 bridgehead atoms. The molecule has 1 aromatic carbocycles. The summed E-state index contributed by atoms with van der Waals surface area (Å²) in [4.78, 5) is 0. The van der Waals surface area contributed by atoms with Gasteiger partial charge in [0.2, 0.25) is 0 Å². The molecule has 1 aliphatic heterocycles. The average Bonchev–Trinajstić information content (AvgIpc) is 2.79. The first-order chi connectivity index (χ1) is 7.79. The normalized spacial score (nSPS) is 20.0. The molecule has 1 atom stereocenters. The van der Waals surface area contributed by atoms with Crippen LogP contribution in [0.4, 0.5) is 0 Å². The monoisotopic (exact) mass is 257 g/mol. The molecule has 1 aliphatic rings. The Morgan fingerprint density at radius 1 is 1.56 bits per heavy atom. The van der Waals surface area contributed by atoms with Crippen molar-refractivity contribution in [1.29, 1.82) is 0 Å². The Balaban J connectivity index is 1.98. The third kappa shape index (κ3) is 3.06. The second-order valence-corrected chi connectivity index (χ2v) is 5.61. The molecule has 0 aliphatic carbocycles. The Kier molecular flexibility index (Phi) is 4.38. The molecule has 1 aromatic rings. The van der Waals surface area contributed by atoms with Gasteiger partial charge in [0.25, 0.3) is 0 Å². The number of benzene rings is 1. The lowest BCUT2D eigenvalue weighted by Gasteiger charge is -2.11. The predicted octanol–water partition coefficient (Wildman–Crippen LogP) is 2.94. The predicted molar refractivity (Wildman–Crippen MR) is 70.6 cm³/mol. The summed E-state index contributed by atoms with van der Waals surface area (Å²) in [5.74, 6) is 1.90. The van der Waals surface area contributed by atoms with E-state index in [1.807, 2.05) is 30.0 Å². The lowest BCUT2D eigenvalue weighted by Crippen LogP contribution is -2.10. The van der Waals surface area contributed by atoms with Gasteiger partial charge >= 0.3 is 0 Å². The number of rotatable bonds is 4. The maximum absolute atomic E-state index is 5.99. The Morgan fingerprint density at radius 3 is 3.12 bits per heavy atom. The van der Waals surface area contributed by atoms with E-state index in [2.05, 4.69) is 5.32 Å². The number of hydrogen-bond acceptors (Lipinski definition) is 3. The lowest BCUT2D eigenvalue weighted by molar-refractivity contribution is 0.411. The second kappa shape index (κ2) is 5.80. The zero-order valence-corrected chi connectivity index (χ0v) is 10.9. The maximum atomic E-state index is 5.99. The highest BCUT2D eigenvalue weighted by atomic mass is 35.5. The van der Waals surface area contributed by atoms with Gasteiger partial charge in [-0.15, -0.1) is 0 Å². The van der Waals surface area contributed by atoms with E-state index in [0.717, 1.165) is 34.9 Å². The molecule has 0 amide bonds. The molecular formula is C12H16ClNOS. The van der Waals surface area contributed by atoms with Gasteiger partial charge in [-0.3, -0.25) is 0 Å². The first-order valence-electron chi connectivity index (χ1n) is 5.44. The van der Waals surface area contributed by atoms with Crippen molar-refractivity contribution >= 4 is 23.4 Å². The molecule has 0 radical (unpaired) electrons. The average molecular weight is 258 g/mol. The number of hydrogen-bond donors (Lipinski definition) is 1. The molecule has 1 fully saturated rings. The molecule has 1 unspecified atom stereocenters. The maximum Gasteiger partial charge on any atom is 0.122 e. The van der Waals surface area contributed by atoms with Gasteiger partial charge in [0.05, 0.1) is 7.11 Å². The van der Waals surface area contributed by atoms with Crippen LogP contribution in [0.3, 0.4) is 0 Å². The summed E-state index contributed by atoms with van der Waals surface area (Å²) in [6, 6.07) is 5.80. The summed E-state index contributed by atoms with van der Waals surface area (Å²) >= 11 is 7.97. The van der Waals surface area contributed by atoms with Crippen LogP contribution in [-0.4, -0.2) is 25.4 Å². The van der Waals surface area contributed by atoms with Gasteiger partial charge in [0, 0.05) is 28.1 Å². The Bertz CT molecular complexity index is 353. The van der Waals surface area contributed by atoms with Gasteiger partial charge in [-0.05, 0) is 31.2 Å². The molecule has 0 spiro atoms. The summed E-state index contributed by atoms with van der Waals surface area (Å²) in [7, 11) is 1.70. The molecular weight excluding hydrogens is 242 g/mol. The van der Waals surface area contributed by atoms with Crippen LogP contribution in [0.15, 0.2) is 18.2 Å². The standard InChI is InChI=1S/C12H16ClNOS/c1-15-12-3-2-10(13)6-9(12)8-16-11-4-5-14-7-11/h2-3,6,11,14H,4-5,7-8H2,1H3. The molecule has 1 N–H and O–H groups in total. The number of ether oxygens (including phenoxy) is 1. The minimum atomic E-state index is 0.726. The number of thioether (sulfide) groups is 1. The fourth-order valence-electron chi connectivity index (χ4n) is 1.84. The van der Waals surface area contributed by atoms with Gasteiger partial charge in [-0.2, -0.15) is 11.8 Å². The number of methoxy groups -OCH3 is 1. The fraction of sp³-hybridized carbons (Fsp3) is 0.500. The van der Waals surface area contributed by atoms with Crippen LogP contribution in [0.25, 0.3) is 0 Å². The molecule has 88 valence electrons. The quantitative estimate of drug-likeness (QED) is 0.896. The fourth-order valence-corrected chi connectivity index (χ4v) is 3.19. The number of nitrogens with one attached hydrogen (secondary N) is 1. The molecule has 16 heavy (non-hydrogen) atoms. The highest BCUT2D eigenvalue weighted by Gasteiger charge is 2.15. The third-order valence-electron chi connectivity index (χ3n) is 2.73. The van der Waals surface area contributed by atoms with Crippen molar-refractivity contribution in [2.24, 2.45) is 0 Å². The largest absolute Gasteiger partial charge is 0.496 e. The van der Waals surface area contributed by atoms with Crippen molar-refractivity contribution in [1.82, 2.24) is 5.32 Å². The summed E-state index contributed by atoms with van der Waals surface area (Å²) in [6.07, 6.45) is 1.26. The van der Waals surface area contributed by atoms with Crippen LogP contribution in [0.1, 0.15) is 12.0 Å². The van der Waals surface area contributed by atoms with E-state index in [0.29, 0.717) is 0 Å². The SMILES string of the molecule is COc1ccc(Cl)cc1CSC1CCNC1. The molecule has 0 aromatic heterocycles. The molecule has 1 heterocycles. The van der Waals surface area contributed by atoms with Crippen LogP contribution >= 0.6 is 23.4 Å². The summed E-state index contributed by atoms with van der Waals surface area (Å²) in [6.45, 7) is 2.26. The van der Waals surface area contributed by atoms with Crippen molar-refractivity contribution in [2.75, 3.05) is 20.2 Å². The van der Waals surface area contributed by atoms with Crippen molar-refractivity contribution < 1.29 is 4.74 Å². The third-order valence-corrected chi connectivity index (χ3v) is 4.32. The topological polar surface area (TPSA) is 21.3 Å². The minimum absolute atomic E-state index is 0.726. The van der Waals surface area contributed by atoms with Gasteiger partial charge in [0.15, 0.2) is 0 Å². The van der Waals surface area contributed by atoms with Gasteiger partial charge in [-0.1, -0.05) is 11.6 Å². The lowest BCUT2D eigenvalue weighted by atomic mass is 10.2. The van der Waals surface area contributed by atoms with Crippen molar-refractivity contribution in [3.05, 3.63) is 28.8 Å². The van der Waals surface area contributed by atoms with Crippen LogP contribution in [0.2, 0.25) is 5.02 Å². The second-order valence-electron chi connectivity index (χ2n) is 3.88. The summed E-state index contributed by atoms with van der Waals surface area (Å²) < 4.78 is 5.33. The molecule has 0 saturated carbocycles. The van der Waals surface area contributed by atoms with Crippen LogP contribution in [0.5, 0.6) is 5.75 Å². The van der Waals surface area contributed by atoms with Crippen LogP contribution in [0, 0.1) is 0 Å². The van der Waals surface area contributed by atoms with E-state index in [-0.39, 0.29) is 0 Å². The van der Waals surface area contributed by atoms with E-state index in [1.54, 1.807) is 7.11 Å². The first kappa shape index (κ1) is 12.1. The minimum Gasteiger partial charge on any atom is -0.496 e. The molecule has 2 rings (SSSR count). The van der Waals surface area contributed by atoms with Crippen molar-refractivity contribution in [3.8, 4) is 5.75 Å². The smallest absolute Gasteiger partial charge is 0.122 e. The van der Waals surface area contributed by atoms with Crippen LogP contribution < -0.4 is 10.1 Å². The Morgan fingerprint density at radius 2 is 2.44 bits per heavy atom. The van der Waals surface area contributed by atoms with E-state index >= 15 is 0 Å². The van der Waals surface area contributed by atoms with Gasteiger partial charge in [-0.25, -0.2) is 0 Å². The molecule has 2 nitrogen and oxygen atoms in total. The Labute approximate surface area is 106 Å². The zero-order valence-electron chi connectivity index (χ0n) is 9.33. The van der Waals surface area contributed by atoms with E-state index < -0.39 is 0 Å². The van der Waals surface area contributed by atoms with Gasteiger partial charge in [0.1, 0.15) is 5.75 Å². The van der Waals surface area contributed by atoms with E-state index in [1.165, 1.54) is 12.0 Å². The van der Waals surface area contributed by atoms with Crippen LogP contribution in [-0.2, 0) is 5.75 Å². The highest BCUT2D eigenvalue weighted by Crippen LogP contribution is 2.29. The summed E-state index contributed by atoms with van der Waals surface area (Å²) in [5.41, 5.74) is 1.19. The summed E-state index contributed by atoms with van der Waals surface area (Å²) in [5, 5.41) is 4.87.